The van der Waals surface area contributed by atoms with Crippen molar-refractivity contribution in [2.75, 3.05) is 5.32 Å². The van der Waals surface area contributed by atoms with Crippen molar-refractivity contribution in [2.45, 2.75) is 52.5 Å². The lowest BCUT2D eigenvalue weighted by atomic mass is 10.0. The fourth-order valence-corrected chi connectivity index (χ4v) is 1.87. The zero-order valence-electron chi connectivity index (χ0n) is 10.7. The second kappa shape index (κ2) is 5.88. The summed E-state index contributed by atoms with van der Waals surface area (Å²) in [4.78, 5) is 0. The zero-order chi connectivity index (χ0) is 12.1. The van der Waals surface area contributed by atoms with Crippen LogP contribution in [0.25, 0.3) is 0 Å². The van der Waals surface area contributed by atoms with Crippen molar-refractivity contribution in [2.24, 2.45) is 0 Å². The number of benzene rings is 1. The van der Waals surface area contributed by atoms with Gasteiger partial charge in [0, 0.05) is 11.7 Å². The van der Waals surface area contributed by atoms with E-state index in [0.717, 1.165) is 24.1 Å². The van der Waals surface area contributed by atoms with E-state index in [1.807, 2.05) is 26.0 Å². The van der Waals surface area contributed by atoms with Crippen molar-refractivity contribution in [1.82, 2.24) is 0 Å². The van der Waals surface area contributed by atoms with Crippen LogP contribution in [-0.4, -0.2) is 6.04 Å². The third kappa shape index (κ3) is 3.51. The maximum atomic E-state index is 13.5. The van der Waals surface area contributed by atoms with Gasteiger partial charge in [0.1, 0.15) is 5.82 Å². The maximum absolute atomic E-state index is 13.5. The molecule has 0 fully saturated rings. The Morgan fingerprint density at radius 3 is 2.50 bits per heavy atom. The average molecular weight is 223 g/mol. The van der Waals surface area contributed by atoms with E-state index in [2.05, 4.69) is 19.2 Å². The second-order valence-electron chi connectivity index (χ2n) is 4.73. The number of nitrogens with one attached hydrogen (secondary N) is 1. The van der Waals surface area contributed by atoms with Gasteiger partial charge in [0.25, 0.3) is 0 Å². The summed E-state index contributed by atoms with van der Waals surface area (Å²) in [7, 11) is 0. The molecule has 0 saturated heterocycles. The third-order valence-corrected chi connectivity index (χ3v) is 2.75. The Morgan fingerprint density at radius 2 is 1.94 bits per heavy atom. The molecule has 0 saturated carbocycles. The number of hydrogen-bond acceptors (Lipinski definition) is 1. The van der Waals surface area contributed by atoms with Gasteiger partial charge in [-0.05, 0) is 43.0 Å². The van der Waals surface area contributed by atoms with Gasteiger partial charge in [-0.15, -0.1) is 0 Å². The van der Waals surface area contributed by atoms with Crippen molar-refractivity contribution >= 4 is 5.69 Å². The third-order valence-electron chi connectivity index (χ3n) is 2.75. The Balaban J connectivity index is 2.78. The highest BCUT2D eigenvalue weighted by atomic mass is 19.1. The van der Waals surface area contributed by atoms with Crippen LogP contribution in [0, 0.1) is 5.82 Å². The fraction of sp³-hybridized carbons (Fsp3) is 0.571. The molecular formula is C14H22FN. The van der Waals surface area contributed by atoms with Crippen LogP contribution < -0.4 is 5.32 Å². The van der Waals surface area contributed by atoms with E-state index in [-0.39, 0.29) is 11.7 Å². The molecule has 0 spiro atoms. The quantitative estimate of drug-likeness (QED) is 0.772. The summed E-state index contributed by atoms with van der Waals surface area (Å²) in [5.74, 6) is 0.118. The molecule has 1 atom stereocenters. The van der Waals surface area contributed by atoms with Gasteiger partial charge in [0.15, 0.2) is 0 Å². The summed E-state index contributed by atoms with van der Waals surface area (Å²) in [6.07, 6.45) is 2.29. The van der Waals surface area contributed by atoms with Crippen molar-refractivity contribution < 1.29 is 4.39 Å². The molecule has 0 amide bonds. The van der Waals surface area contributed by atoms with E-state index < -0.39 is 0 Å². The van der Waals surface area contributed by atoms with Crippen molar-refractivity contribution in [3.8, 4) is 0 Å². The van der Waals surface area contributed by atoms with Crippen LogP contribution >= 0.6 is 0 Å². The van der Waals surface area contributed by atoms with Crippen molar-refractivity contribution in [3.63, 3.8) is 0 Å². The number of hydrogen-bond donors (Lipinski definition) is 1. The van der Waals surface area contributed by atoms with Crippen LogP contribution in [-0.2, 0) is 0 Å². The summed E-state index contributed by atoms with van der Waals surface area (Å²) in [5, 5.41) is 3.40. The molecule has 1 nitrogen and oxygen atoms in total. The van der Waals surface area contributed by atoms with Gasteiger partial charge in [-0.2, -0.15) is 0 Å². The lowest BCUT2D eigenvalue weighted by Gasteiger charge is -2.16. The van der Waals surface area contributed by atoms with Crippen molar-refractivity contribution in [3.05, 3.63) is 29.6 Å². The highest BCUT2D eigenvalue weighted by Crippen LogP contribution is 2.23. The lowest BCUT2D eigenvalue weighted by molar-refractivity contribution is 0.598. The summed E-state index contributed by atoms with van der Waals surface area (Å²) in [5.41, 5.74) is 1.81. The smallest absolute Gasteiger partial charge is 0.126 e. The molecular weight excluding hydrogens is 201 g/mol. The minimum atomic E-state index is -0.108. The van der Waals surface area contributed by atoms with E-state index >= 15 is 0 Å². The Hall–Kier alpha value is -1.05. The van der Waals surface area contributed by atoms with E-state index in [9.17, 15) is 4.39 Å². The van der Waals surface area contributed by atoms with Crippen LogP contribution in [0.2, 0.25) is 0 Å². The first-order valence-corrected chi connectivity index (χ1v) is 6.10. The first kappa shape index (κ1) is 13.0. The van der Waals surface area contributed by atoms with Gasteiger partial charge in [-0.3, -0.25) is 0 Å². The molecule has 1 rings (SSSR count). The zero-order valence-corrected chi connectivity index (χ0v) is 10.7. The first-order chi connectivity index (χ1) is 7.54. The summed E-state index contributed by atoms with van der Waals surface area (Å²) in [6, 6.07) is 5.73. The highest BCUT2D eigenvalue weighted by Gasteiger charge is 2.08. The standard InChI is InChI=1S/C14H22FN/c1-5-6-11(4)16-12-7-8-14(15)13(9-12)10(2)3/h7-11,16H,5-6H2,1-4H3. The average Bonchev–Trinajstić information content (AvgIpc) is 2.21. The molecule has 0 radical (unpaired) electrons. The lowest BCUT2D eigenvalue weighted by Crippen LogP contribution is -2.14. The molecule has 1 aromatic carbocycles. The molecule has 90 valence electrons. The summed E-state index contributed by atoms with van der Waals surface area (Å²) in [6.45, 7) is 8.35. The van der Waals surface area contributed by atoms with E-state index in [1.54, 1.807) is 6.07 Å². The molecule has 0 aliphatic carbocycles. The topological polar surface area (TPSA) is 12.0 Å². The van der Waals surface area contributed by atoms with Crippen LogP contribution in [0.5, 0.6) is 0 Å². The van der Waals surface area contributed by atoms with Crippen LogP contribution in [0.3, 0.4) is 0 Å². The molecule has 0 aromatic heterocycles. The van der Waals surface area contributed by atoms with Gasteiger partial charge < -0.3 is 5.32 Å². The van der Waals surface area contributed by atoms with Gasteiger partial charge in [0.05, 0.1) is 0 Å². The molecule has 1 aromatic rings. The van der Waals surface area contributed by atoms with E-state index in [1.165, 1.54) is 0 Å². The van der Waals surface area contributed by atoms with Crippen molar-refractivity contribution in [1.29, 1.82) is 0 Å². The SMILES string of the molecule is CCCC(C)Nc1ccc(F)c(C(C)C)c1. The van der Waals surface area contributed by atoms with Gasteiger partial charge >= 0.3 is 0 Å². The second-order valence-corrected chi connectivity index (χ2v) is 4.73. The highest BCUT2D eigenvalue weighted by molar-refractivity contribution is 5.47. The predicted octanol–water partition coefficient (Wildman–Crippen LogP) is 4.55. The molecule has 0 aliphatic rings. The van der Waals surface area contributed by atoms with Crippen LogP contribution in [0.1, 0.15) is 52.0 Å². The Morgan fingerprint density at radius 1 is 1.25 bits per heavy atom. The van der Waals surface area contributed by atoms with Gasteiger partial charge in [0.2, 0.25) is 0 Å². The molecule has 16 heavy (non-hydrogen) atoms. The molecule has 0 bridgehead atoms. The molecule has 0 aliphatic heterocycles. The Kier molecular flexibility index (Phi) is 4.78. The van der Waals surface area contributed by atoms with Crippen LogP contribution in [0.4, 0.5) is 10.1 Å². The van der Waals surface area contributed by atoms with E-state index in [0.29, 0.717) is 6.04 Å². The largest absolute Gasteiger partial charge is 0.383 e. The number of rotatable bonds is 5. The minimum Gasteiger partial charge on any atom is -0.383 e. The number of anilines is 1. The summed E-state index contributed by atoms with van der Waals surface area (Å²) >= 11 is 0. The predicted molar refractivity (Wildman–Crippen MR) is 68.5 cm³/mol. The maximum Gasteiger partial charge on any atom is 0.126 e. The Labute approximate surface area is 98.1 Å². The molecule has 2 heteroatoms. The monoisotopic (exact) mass is 223 g/mol. The summed E-state index contributed by atoms with van der Waals surface area (Å²) < 4.78 is 13.5. The normalized spacial score (nSPS) is 12.9. The van der Waals surface area contributed by atoms with Gasteiger partial charge in [-0.25, -0.2) is 4.39 Å². The first-order valence-electron chi connectivity index (χ1n) is 6.10. The van der Waals surface area contributed by atoms with E-state index in [4.69, 9.17) is 0 Å². The molecule has 0 heterocycles. The molecule has 1 N–H and O–H groups in total. The number of halogens is 1. The molecule has 1 unspecified atom stereocenters. The van der Waals surface area contributed by atoms with Crippen LogP contribution in [0.15, 0.2) is 18.2 Å². The fourth-order valence-electron chi connectivity index (χ4n) is 1.87. The Bertz CT molecular complexity index is 334. The minimum absolute atomic E-state index is 0.108. The van der Waals surface area contributed by atoms with Gasteiger partial charge in [-0.1, -0.05) is 27.2 Å².